The van der Waals surface area contributed by atoms with Gasteiger partial charge < -0.3 is 19.7 Å². The topological polar surface area (TPSA) is 59.0 Å². The number of methoxy groups -OCH3 is 1. The number of halogens is 1. The average molecular weight is 518 g/mol. The summed E-state index contributed by atoms with van der Waals surface area (Å²) in [5.74, 6) is 1.72. The number of aryl methyl sites for hydroxylation is 1. The van der Waals surface area contributed by atoms with E-state index in [-0.39, 0.29) is 36.2 Å². The van der Waals surface area contributed by atoms with Gasteiger partial charge in [-0.2, -0.15) is 0 Å². The van der Waals surface area contributed by atoms with Crippen molar-refractivity contribution in [3.05, 3.63) is 45.9 Å². The summed E-state index contributed by atoms with van der Waals surface area (Å²) in [6, 6.07) is 8.04. The van der Waals surface area contributed by atoms with Crippen molar-refractivity contribution < 1.29 is 9.47 Å². The van der Waals surface area contributed by atoms with Crippen molar-refractivity contribution in [2.45, 2.75) is 39.5 Å². The molecule has 0 amide bonds. The third kappa shape index (κ3) is 7.21. The fourth-order valence-corrected chi connectivity index (χ4v) is 3.41. The largest absolute Gasteiger partial charge is 0.489 e. The number of hydrogen-bond acceptors (Lipinski definition) is 5. The summed E-state index contributed by atoms with van der Waals surface area (Å²) in [7, 11) is 5.48. The second-order valence-corrected chi connectivity index (χ2v) is 7.42. The van der Waals surface area contributed by atoms with E-state index in [1.54, 1.807) is 25.5 Å². The van der Waals surface area contributed by atoms with Gasteiger partial charge in [-0.25, -0.2) is 4.98 Å². The van der Waals surface area contributed by atoms with E-state index in [0.29, 0.717) is 13.1 Å². The van der Waals surface area contributed by atoms with Gasteiger partial charge in [0.25, 0.3) is 0 Å². The van der Waals surface area contributed by atoms with Crippen molar-refractivity contribution in [1.29, 1.82) is 0 Å². The highest BCUT2D eigenvalue weighted by atomic mass is 127. The molecule has 0 aliphatic heterocycles. The van der Waals surface area contributed by atoms with Crippen LogP contribution in [-0.2, 0) is 11.3 Å². The number of thiazole rings is 1. The Labute approximate surface area is 189 Å². The Balaban J connectivity index is 0.00000392. The summed E-state index contributed by atoms with van der Waals surface area (Å²) < 4.78 is 11.3. The number of benzene rings is 1. The van der Waals surface area contributed by atoms with Crippen molar-refractivity contribution in [2.75, 3.05) is 27.7 Å². The van der Waals surface area contributed by atoms with Crippen LogP contribution in [0.1, 0.15) is 36.2 Å². The van der Waals surface area contributed by atoms with Gasteiger partial charge in [0, 0.05) is 26.6 Å². The Morgan fingerprint density at radius 3 is 2.68 bits per heavy atom. The molecule has 6 nitrogen and oxygen atoms in total. The molecule has 0 bridgehead atoms. The Morgan fingerprint density at radius 1 is 1.32 bits per heavy atom. The third-order valence-electron chi connectivity index (χ3n) is 4.21. The van der Waals surface area contributed by atoms with E-state index in [0.717, 1.165) is 28.0 Å². The van der Waals surface area contributed by atoms with Crippen LogP contribution in [-0.4, -0.2) is 49.7 Å². The van der Waals surface area contributed by atoms with Crippen molar-refractivity contribution >= 4 is 41.3 Å². The molecule has 1 aromatic carbocycles. The lowest BCUT2D eigenvalue weighted by Crippen LogP contribution is -2.42. The van der Waals surface area contributed by atoms with E-state index >= 15 is 0 Å². The van der Waals surface area contributed by atoms with E-state index in [1.807, 2.05) is 39.1 Å². The molecule has 1 aromatic heterocycles. The number of ether oxygens (including phenoxy) is 2. The highest BCUT2D eigenvalue weighted by molar-refractivity contribution is 14.0. The summed E-state index contributed by atoms with van der Waals surface area (Å²) in [6.45, 7) is 7.44. The molecule has 156 valence electrons. The molecule has 1 heterocycles. The monoisotopic (exact) mass is 518 g/mol. The van der Waals surface area contributed by atoms with Crippen molar-refractivity contribution in [2.24, 2.45) is 4.99 Å². The van der Waals surface area contributed by atoms with Crippen LogP contribution in [0, 0.1) is 6.92 Å². The molecule has 2 aromatic rings. The van der Waals surface area contributed by atoms with E-state index in [2.05, 4.69) is 38.6 Å². The van der Waals surface area contributed by atoms with Crippen LogP contribution in [0.3, 0.4) is 0 Å². The maximum Gasteiger partial charge on any atom is 0.193 e. The van der Waals surface area contributed by atoms with Crippen LogP contribution in [0.15, 0.2) is 34.6 Å². The van der Waals surface area contributed by atoms with Crippen LogP contribution >= 0.6 is 35.3 Å². The summed E-state index contributed by atoms with van der Waals surface area (Å²) in [5.41, 5.74) is 2.14. The zero-order valence-electron chi connectivity index (χ0n) is 17.4. The van der Waals surface area contributed by atoms with Gasteiger partial charge in [-0.05, 0) is 32.4 Å². The van der Waals surface area contributed by atoms with Crippen LogP contribution in [0.25, 0.3) is 0 Å². The summed E-state index contributed by atoms with van der Waals surface area (Å²) in [5, 5.41) is 6.43. The zero-order chi connectivity index (χ0) is 19.8. The maximum absolute atomic E-state index is 6.02. The fourth-order valence-electron chi connectivity index (χ4n) is 2.57. The zero-order valence-corrected chi connectivity index (χ0v) is 20.6. The standard InChI is InChI=1S/C20H30N4O2S.HI/c1-14-9-7-8-10-18(14)26-15(2)11-22-20(21-4)24(5)12-17-13-27-19(23-17)16(3)25-6;/h7-10,13,15-16H,11-12H2,1-6H3,(H,21,22);1H. The van der Waals surface area contributed by atoms with E-state index in [4.69, 9.17) is 9.47 Å². The Kier molecular flexibility index (Phi) is 10.8. The molecule has 2 atom stereocenters. The highest BCUT2D eigenvalue weighted by Gasteiger charge is 2.14. The summed E-state index contributed by atoms with van der Waals surface area (Å²) in [4.78, 5) is 11.1. The smallest absolute Gasteiger partial charge is 0.193 e. The first-order chi connectivity index (χ1) is 12.9. The Bertz CT molecular complexity index is 753. The Hall–Kier alpha value is -1.39. The minimum Gasteiger partial charge on any atom is -0.489 e. The Morgan fingerprint density at radius 2 is 2.04 bits per heavy atom. The second kappa shape index (κ2) is 12.2. The van der Waals surface area contributed by atoms with Gasteiger partial charge in [0.05, 0.1) is 18.8 Å². The van der Waals surface area contributed by atoms with Crippen molar-refractivity contribution in [1.82, 2.24) is 15.2 Å². The van der Waals surface area contributed by atoms with Gasteiger partial charge in [-0.15, -0.1) is 35.3 Å². The predicted octanol–water partition coefficient (Wildman–Crippen LogP) is 4.25. The van der Waals surface area contributed by atoms with Gasteiger partial charge in [-0.1, -0.05) is 18.2 Å². The third-order valence-corrected chi connectivity index (χ3v) is 5.27. The number of aromatic nitrogens is 1. The number of guanidine groups is 1. The lowest BCUT2D eigenvalue weighted by Gasteiger charge is -2.23. The number of aliphatic imine (C=N–C) groups is 1. The molecule has 0 aliphatic carbocycles. The molecule has 28 heavy (non-hydrogen) atoms. The second-order valence-electron chi connectivity index (χ2n) is 6.53. The molecule has 8 heteroatoms. The van der Waals surface area contributed by atoms with Gasteiger partial charge in [0.15, 0.2) is 5.96 Å². The molecule has 0 saturated heterocycles. The molecule has 2 rings (SSSR count). The van der Waals surface area contributed by atoms with Crippen LogP contribution < -0.4 is 10.1 Å². The molecule has 0 fully saturated rings. The number of rotatable bonds is 8. The first-order valence-electron chi connectivity index (χ1n) is 9.05. The summed E-state index contributed by atoms with van der Waals surface area (Å²) in [6.07, 6.45) is 0.0376. The van der Waals surface area contributed by atoms with Gasteiger partial charge in [0.1, 0.15) is 23.0 Å². The lowest BCUT2D eigenvalue weighted by atomic mass is 10.2. The lowest BCUT2D eigenvalue weighted by molar-refractivity contribution is 0.119. The van der Waals surface area contributed by atoms with E-state index < -0.39 is 0 Å². The molecule has 0 radical (unpaired) electrons. The SMILES string of the molecule is CN=C(NCC(C)Oc1ccccc1C)N(C)Cc1csc(C(C)OC)n1.I. The van der Waals surface area contributed by atoms with Gasteiger partial charge in [0.2, 0.25) is 0 Å². The van der Waals surface area contributed by atoms with E-state index in [1.165, 1.54) is 0 Å². The van der Waals surface area contributed by atoms with Crippen LogP contribution in [0.2, 0.25) is 0 Å². The quantitative estimate of drug-likeness (QED) is 0.322. The van der Waals surface area contributed by atoms with Gasteiger partial charge in [-0.3, -0.25) is 4.99 Å². The van der Waals surface area contributed by atoms with Crippen molar-refractivity contribution in [3.8, 4) is 5.75 Å². The van der Waals surface area contributed by atoms with Crippen LogP contribution in [0.4, 0.5) is 0 Å². The minimum atomic E-state index is 0. The molecule has 1 N–H and O–H groups in total. The molecule has 0 saturated carbocycles. The fraction of sp³-hybridized carbons (Fsp3) is 0.500. The normalized spacial score (nSPS) is 13.4. The van der Waals surface area contributed by atoms with Crippen LogP contribution in [0.5, 0.6) is 5.75 Å². The maximum atomic E-state index is 6.02. The summed E-state index contributed by atoms with van der Waals surface area (Å²) >= 11 is 1.62. The molecule has 2 unspecified atom stereocenters. The molecule has 0 aliphatic rings. The number of nitrogens with zero attached hydrogens (tertiary/aromatic N) is 3. The van der Waals surface area contributed by atoms with Crippen molar-refractivity contribution in [3.63, 3.8) is 0 Å². The first kappa shape index (κ1) is 24.6. The molecule has 0 spiro atoms. The first-order valence-corrected chi connectivity index (χ1v) is 9.93. The molecular weight excluding hydrogens is 487 g/mol. The molecular formula is C20H31IN4O2S. The minimum absolute atomic E-state index is 0. The number of nitrogens with one attached hydrogen (secondary N) is 1. The predicted molar refractivity (Wildman–Crippen MR) is 127 cm³/mol. The number of hydrogen-bond donors (Lipinski definition) is 1. The van der Waals surface area contributed by atoms with E-state index in [9.17, 15) is 0 Å². The van der Waals surface area contributed by atoms with Gasteiger partial charge >= 0.3 is 0 Å². The average Bonchev–Trinajstić information content (AvgIpc) is 3.12. The number of para-hydroxylation sites is 1. The highest BCUT2D eigenvalue weighted by Crippen LogP contribution is 2.21.